The predicted octanol–water partition coefficient (Wildman–Crippen LogP) is 3.92. The molecule has 0 aliphatic heterocycles. The number of hydrogen-bond acceptors (Lipinski definition) is 4. The standard InChI is InChI=1S/C22H31N3O3/c1-6-27-20-13-10-18(14-21(20)28-7-2)16(3)25-22(23-4)24-15-17-8-11-19(26-5)12-9-17/h8-14,16H,6-7,15H2,1-5H3,(H2,23,24,25). The summed E-state index contributed by atoms with van der Waals surface area (Å²) in [5.74, 6) is 3.11. The lowest BCUT2D eigenvalue weighted by molar-refractivity contribution is 0.287. The summed E-state index contributed by atoms with van der Waals surface area (Å²) < 4.78 is 16.6. The maximum absolute atomic E-state index is 5.73. The second-order valence-corrected chi connectivity index (χ2v) is 6.21. The van der Waals surface area contributed by atoms with Crippen molar-refractivity contribution in [1.82, 2.24) is 10.6 Å². The van der Waals surface area contributed by atoms with Gasteiger partial charge in [-0.1, -0.05) is 18.2 Å². The van der Waals surface area contributed by atoms with E-state index in [-0.39, 0.29) is 6.04 Å². The molecule has 0 aliphatic carbocycles. The number of nitrogens with zero attached hydrogens (tertiary/aromatic N) is 1. The summed E-state index contributed by atoms with van der Waals surface area (Å²) in [4.78, 5) is 4.32. The lowest BCUT2D eigenvalue weighted by atomic mass is 10.1. The van der Waals surface area contributed by atoms with Gasteiger partial charge in [-0.05, 0) is 56.2 Å². The molecule has 2 aromatic rings. The van der Waals surface area contributed by atoms with E-state index in [0.717, 1.165) is 34.3 Å². The molecular weight excluding hydrogens is 354 g/mol. The van der Waals surface area contributed by atoms with E-state index in [1.165, 1.54) is 0 Å². The largest absolute Gasteiger partial charge is 0.497 e. The summed E-state index contributed by atoms with van der Waals surface area (Å²) in [7, 11) is 3.43. The van der Waals surface area contributed by atoms with E-state index in [4.69, 9.17) is 14.2 Å². The molecule has 0 amide bonds. The smallest absolute Gasteiger partial charge is 0.191 e. The van der Waals surface area contributed by atoms with Crippen molar-refractivity contribution in [3.05, 3.63) is 53.6 Å². The molecular formula is C22H31N3O3. The van der Waals surface area contributed by atoms with Crippen molar-refractivity contribution in [2.24, 2.45) is 4.99 Å². The lowest BCUT2D eigenvalue weighted by Gasteiger charge is -2.20. The van der Waals surface area contributed by atoms with Crippen molar-refractivity contribution in [3.63, 3.8) is 0 Å². The van der Waals surface area contributed by atoms with E-state index in [1.807, 2.05) is 56.3 Å². The molecule has 1 unspecified atom stereocenters. The Kier molecular flexibility index (Phi) is 8.46. The SMILES string of the molecule is CCOc1ccc(C(C)NC(=NC)NCc2ccc(OC)cc2)cc1OCC. The molecule has 0 radical (unpaired) electrons. The first kappa shape index (κ1) is 21.4. The molecule has 0 spiro atoms. The van der Waals surface area contributed by atoms with Gasteiger partial charge in [0.05, 0.1) is 26.4 Å². The number of rotatable bonds is 9. The quantitative estimate of drug-likeness (QED) is 0.506. The van der Waals surface area contributed by atoms with E-state index < -0.39 is 0 Å². The average molecular weight is 386 g/mol. The molecule has 0 bridgehead atoms. The number of guanidine groups is 1. The minimum absolute atomic E-state index is 0.0527. The zero-order valence-electron chi connectivity index (χ0n) is 17.4. The molecule has 1 atom stereocenters. The monoisotopic (exact) mass is 385 g/mol. The minimum Gasteiger partial charge on any atom is -0.497 e. The van der Waals surface area contributed by atoms with Gasteiger partial charge in [0.15, 0.2) is 17.5 Å². The highest BCUT2D eigenvalue weighted by atomic mass is 16.5. The van der Waals surface area contributed by atoms with Crippen LogP contribution in [0.3, 0.4) is 0 Å². The number of nitrogens with one attached hydrogen (secondary N) is 2. The summed E-state index contributed by atoms with van der Waals surface area (Å²) in [6.45, 7) is 7.89. The number of methoxy groups -OCH3 is 1. The van der Waals surface area contributed by atoms with Gasteiger partial charge in [0.1, 0.15) is 5.75 Å². The molecule has 2 aromatic carbocycles. The second kappa shape index (κ2) is 11.1. The Bertz CT molecular complexity index is 760. The summed E-state index contributed by atoms with van der Waals surface area (Å²) in [5.41, 5.74) is 2.25. The van der Waals surface area contributed by atoms with Crippen LogP contribution >= 0.6 is 0 Å². The highest BCUT2D eigenvalue weighted by molar-refractivity contribution is 5.80. The third-order valence-electron chi connectivity index (χ3n) is 4.26. The molecule has 0 aromatic heterocycles. The van der Waals surface area contributed by atoms with Crippen molar-refractivity contribution in [2.75, 3.05) is 27.4 Å². The van der Waals surface area contributed by atoms with Crippen molar-refractivity contribution < 1.29 is 14.2 Å². The Labute approximate surface area is 167 Å². The molecule has 6 nitrogen and oxygen atoms in total. The van der Waals surface area contributed by atoms with Gasteiger partial charge in [-0.2, -0.15) is 0 Å². The van der Waals surface area contributed by atoms with Crippen LogP contribution in [0.25, 0.3) is 0 Å². The van der Waals surface area contributed by atoms with Crippen molar-refractivity contribution >= 4 is 5.96 Å². The first-order chi connectivity index (χ1) is 13.6. The molecule has 0 saturated carbocycles. The maximum Gasteiger partial charge on any atom is 0.191 e. The Balaban J connectivity index is 2.00. The topological polar surface area (TPSA) is 64.1 Å². The van der Waals surface area contributed by atoms with Crippen LogP contribution < -0.4 is 24.8 Å². The zero-order valence-corrected chi connectivity index (χ0v) is 17.4. The normalized spacial score (nSPS) is 12.2. The highest BCUT2D eigenvalue weighted by Crippen LogP contribution is 2.30. The number of aliphatic imine (C=N–C) groups is 1. The Morgan fingerprint density at radius 3 is 2.29 bits per heavy atom. The summed E-state index contributed by atoms with van der Waals surface area (Å²) in [6, 6.07) is 14.0. The van der Waals surface area contributed by atoms with E-state index in [0.29, 0.717) is 19.8 Å². The molecule has 0 fully saturated rings. The molecule has 28 heavy (non-hydrogen) atoms. The van der Waals surface area contributed by atoms with Gasteiger partial charge in [0, 0.05) is 13.6 Å². The summed E-state index contributed by atoms with van der Waals surface area (Å²) >= 11 is 0. The molecule has 0 saturated heterocycles. The maximum atomic E-state index is 5.73. The Morgan fingerprint density at radius 1 is 1.00 bits per heavy atom. The van der Waals surface area contributed by atoms with Crippen LogP contribution in [-0.4, -0.2) is 33.3 Å². The van der Waals surface area contributed by atoms with E-state index in [9.17, 15) is 0 Å². The van der Waals surface area contributed by atoms with Crippen LogP contribution in [0.15, 0.2) is 47.5 Å². The minimum atomic E-state index is 0.0527. The van der Waals surface area contributed by atoms with Gasteiger partial charge < -0.3 is 24.8 Å². The number of ether oxygens (including phenoxy) is 3. The predicted molar refractivity (Wildman–Crippen MR) is 114 cm³/mol. The van der Waals surface area contributed by atoms with Crippen LogP contribution in [0, 0.1) is 0 Å². The van der Waals surface area contributed by atoms with Crippen molar-refractivity contribution in [1.29, 1.82) is 0 Å². The molecule has 6 heteroatoms. The van der Waals surface area contributed by atoms with E-state index in [1.54, 1.807) is 14.2 Å². The van der Waals surface area contributed by atoms with Crippen LogP contribution in [-0.2, 0) is 6.54 Å². The Morgan fingerprint density at radius 2 is 1.68 bits per heavy atom. The average Bonchev–Trinajstić information content (AvgIpc) is 2.72. The highest BCUT2D eigenvalue weighted by Gasteiger charge is 2.12. The molecule has 2 N–H and O–H groups in total. The van der Waals surface area contributed by atoms with Gasteiger partial charge >= 0.3 is 0 Å². The van der Waals surface area contributed by atoms with Gasteiger partial charge in [0.2, 0.25) is 0 Å². The van der Waals surface area contributed by atoms with Gasteiger partial charge in [0.25, 0.3) is 0 Å². The van der Waals surface area contributed by atoms with Crippen molar-refractivity contribution in [3.8, 4) is 17.2 Å². The fraction of sp³-hybridized carbons (Fsp3) is 0.409. The molecule has 0 aliphatic rings. The number of hydrogen-bond donors (Lipinski definition) is 2. The van der Waals surface area contributed by atoms with Crippen LogP contribution in [0.1, 0.15) is 37.9 Å². The zero-order chi connectivity index (χ0) is 20.4. The summed E-state index contributed by atoms with van der Waals surface area (Å²) in [6.07, 6.45) is 0. The molecule has 2 rings (SSSR count). The number of benzene rings is 2. The first-order valence-corrected chi connectivity index (χ1v) is 9.60. The first-order valence-electron chi connectivity index (χ1n) is 9.60. The fourth-order valence-corrected chi connectivity index (χ4v) is 2.75. The van der Waals surface area contributed by atoms with Crippen LogP contribution in [0.4, 0.5) is 0 Å². The van der Waals surface area contributed by atoms with Crippen molar-refractivity contribution in [2.45, 2.75) is 33.4 Å². The van der Waals surface area contributed by atoms with E-state index in [2.05, 4.69) is 22.5 Å². The van der Waals surface area contributed by atoms with Gasteiger partial charge in [-0.3, -0.25) is 4.99 Å². The molecule has 0 heterocycles. The lowest BCUT2D eigenvalue weighted by Crippen LogP contribution is -2.38. The third kappa shape index (κ3) is 6.08. The van der Waals surface area contributed by atoms with Gasteiger partial charge in [-0.15, -0.1) is 0 Å². The van der Waals surface area contributed by atoms with E-state index >= 15 is 0 Å². The Hall–Kier alpha value is -2.89. The van der Waals surface area contributed by atoms with Crippen LogP contribution in [0.2, 0.25) is 0 Å². The third-order valence-corrected chi connectivity index (χ3v) is 4.26. The molecule has 152 valence electrons. The van der Waals surface area contributed by atoms with Gasteiger partial charge in [-0.25, -0.2) is 0 Å². The summed E-state index contributed by atoms with van der Waals surface area (Å²) in [5, 5.41) is 6.75. The fourth-order valence-electron chi connectivity index (χ4n) is 2.75. The van der Waals surface area contributed by atoms with Crippen LogP contribution in [0.5, 0.6) is 17.2 Å². The second-order valence-electron chi connectivity index (χ2n) is 6.21.